The van der Waals surface area contributed by atoms with E-state index in [1.54, 1.807) is 24.3 Å². The van der Waals surface area contributed by atoms with Crippen LogP contribution in [-0.2, 0) is 9.47 Å². The van der Waals surface area contributed by atoms with Crippen LogP contribution in [0.25, 0.3) is 0 Å². The lowest BCUT2D eigenvalue weighted by Gasteiger charge is -2.41. The zero-order chi connectivity index (χ0) is 20.0. The van der Waals surface area contributed by atoms with E-state index in [0.717, 1.165) is 35.5 Å². The van der Waals surface area contributed by atoms with Crippen molar-refractivity contribution in [3.63, 3.8) is 0 Å². The second kappa shape index (κ2) is 9.28. The lowest BCUT2D eigenvalue weighted by Crippen LogP contribution is -2.26. The number of esters is 2. The molecule has 0 spiro atoms. The molecule has 0 atom stereocenters. The second-order valence-corrected chi connectivity index (χ2v) is 11.3. The van der Waals surface area contributed by atoms with Gasteiger partial charge in [-0.15, -0.1) is 0 Å². The number of hydrogen-bond acceptors (Lipinski definition) is 4. The Balaban J connectivity index is 1.61. The molecule has 28 heavy (non-hydrogen) atoms. The molecule has 4 nitrogen and oxygen atoms in total. The summed E-state index contributed by atoms with van der Waals surface area (Å²) in [6, 6.07) is 14.8. The molecule has 1 aliphatic rings. The molecule has 150 valence electrons. The van der Waals surface area contributed by atoms with Gasteiger partial charge in [-0.25, -0.2) is 9.59 Å². The van der Waals surface area contributed by atoms with Crippen LogP contribution in [-0.4, -0.2) is 35.3 Å². The number of carbonyl (C=O) groups excluding carboxylic acids is 2. The number of aryl methyl sites for hydroxylation is 2. The zero-order valence-corrected chi connectivity index (χ0v) is 17.4. The van der Waals surface area contributed by atoms with Crippen LogP contribution in [0, 0.1) is 13.8 Å². The third-order valence-electron chi connectivity index (χ3n) is 5.11. The van der Waals surface area contributed by atoms with Gasteiger partial charge in [0.25, 0.3) is 0 Å². The van der Waals surface area contributed by atoms with Gasteiger partial charge in [0.1, 0.15) is 11.9 Å². The molecule has 0 bridgehead atoms. The van der Waals surface area contributed by atoms with E-state index in [1.165, 1.54) is 6.42 Å². The van der Waals surface area contributed by atoms with Crippen molar-refractivity contribution in [2.45, 2.75) is 33.1 Å². The summed E-state index contributed by atoms with van der Waals surface area (Å²) >= 11 is 0. The summed E-state index contributed by atoms with van der Waals surface area (Å²) in [6.07, 6.45) is 3.38. The van der Waals surface area contributed by atoms with Crippen molar-refractivity contribution in [2.75, 3.05) is 23.4 Å². The average Bonchev–Trinajstić information content (AvgIpc) is 2.72. The highest BCUT2D eigenvalue weighted by molar-refractivity contribution is 8.33. The summed E-state index contributed by atoms with van der Waals surface area (Å²) in [5.41, 5.74) is 3.34. The van der Waals surface area contributed by atoms with Crippen molar-refractivity contribution in [3.05, 3.63) is 70.8 Å². The fourth-order valence-corrected chi connectivity index (χ4v) is 6.36. The van der Waals surface area contributed by atoms with Gasteiger partial charge in [0, 0.05) is 0 Å². The highest BCUT2D eigenvalue weighted by Crippen LogP contribution is 2.52. The molecule has 0 aliphatic carbocycles. The maximum absolute atomic E-state index is 12.4. The monoisotopic (exact) mass is 400 g/mol. The molecule has 3 rings (SSSR count). The van der Waals surface area contributed by atoms with Crippen LogP contribution in [0.1, 0.15) is 51.1 Å². The van der Waals surface area contributed by atoms with E-state index in [2.05, 4.69) is 0 Å². The molecule has 5 heteroatoms. The number of rotatable bonds is 6. The number of hydrogen-bond donors (Lipinski definition) is 0. The first kappa shape index (κ1) is 20.5. The van der Waals surface area contributed by atoms with Crippen molar-refractivity contribution >= 4 is 22.0 Å². The van der Waals surface area contributed by atoms with Gasteiger partial charge in [-0.3, -0.25) is 0 Å². The predicted molar refractivity (Wildman–Crippen MR) is 114 cm³/mol. The average molecular weight is 401 g/mol. The molecule has 0 aromatic heterocycles. The SMILES string of the molecule is Cc1ccc(C(=O)OCS2(COC(=O)c3ccc(C)cc3)CCCCC2)cc1. The van der Waals surface area contributed by atoms with Crippen LogP contribution in [0.4, 0.5) is 0 Å². The van der Waals surface area contributed by atoms with E-state index in [9.17, 15) is 9.59 Å². The molecule has 2 aromatic carbocycles. The first-order valence-corrected chi connectivity index (χ1v) is 12.0. The van der Waals surface area contributed by atoms with Gasteiger partial charge >= 0.3 is 11.9 Å². The lowest BCUT2D eigenvalue weighted by molar-refractivity contribution is 0.0557. The smallest absolute Gasteiger partial charge is 0.338 e. The summed E-state index contributed by atoms with van der Waals surface area (Å²) in [5, 5.41) is 0. The summed E-state index contributed by atoms with van der Waals surface area (Å²) in [5.74, 6) is 2.08. The van der Waals surface area contributed by atoms with E-state index >= 15 is 0 Å². The molecular formula is C23H28O4S. The van der Waals surface area contributed by atoms with Crippen molar-refractivity contribution in [1.82, 2.24) is 0 Å². The van der Waals surface area contributed by atoms with Crippen molar-refractivity contribution < 1.29 is 19.1 Å². The molecule has 1 aliphatic heterocycles. The van der Waals surface area contributed by atoms with Gasteiger partial charge in [-0.1, -0.05) is 41.8 Å². The number of benzene rings is 2. The van der Waals surface area contributed by atoms with Crippen molar-refractivity contribution in [2.24, 2.45) is 0 Å². The third-order valence-corrected chi connectivity index (χ3v) is 8.65. The Kier molecular flexibility index (Phi) is 6.79. The molecule has 1 heterocycles. The molecule has 0 amide bonds. The molecular weight excluding hydrogens is 372 g/mol. The van der Waals surface area contributed by atoms with Crippen LogP contribution in [0.3, 0.4) is 0 Å². The van der Waals surface area contributed by atoms with Gasteiger partial charge in [-0.2, -0.15) is 10.0 Å². The standard InChI is InChI=1S/C23H28O4S/c1-18-6-10-20(11-7-18)22(24)26-16-28(14-4-3-5-15-28)17-27-23(25)21-12-8-19(2)9-13-21/h6-13H,3-5,14-17H2,1-2H3. The second-order valence-electron chi connectivity index (χ2n) is 7.52. The van der Waals surface area contributed by atoms with E-state index < -0.39 is 10.0 Å². The number of carbonyl (C=O) groups is 2. The molecule has 1 fully saturated rings. The summed E-state index contributed by atoms with van der Waals surface area (Å²) in [6.45, 7) is 3.97. The normalized spacial score (nSPS) is 16.8. The largest absolute Gasteiger partial charge is 0.452 e. The van der Waals surface area contributed by atoms with Crippen molar-refractivity contribution in [3.8, 4) is 0 Å². The Morgan fingerprint density at radius 1 is 0.714 bits per heavy atom. The van der Waals surface area contributed by atoms with Crippen LogP contribution in [0.5, 0.6) is 0 Å². The van der Waals surface area contributed by atoms with Crippen LogP contribution in [0.2, 0.25) is 0 Å². The minimum absolute atomic E-state index is 0.303. The van der Waals surface area contributed by atoms with Gasteiger partial charge in [0.05, 0.1) is 11.1 Å². The molecule has 0 radical (unpaired) electrons. The first-order chi connectivity index (χ1) is 13.5. The lowest BCUT2D eigenvalue weighted by atomic mass is 10.2. The van der Waals surface area contributed by atoms with Crippen LogP contribution in [0.15, 0.2) is 48.5 Å². The third kappa shape index (κ3) is 5.38. The topological polar surface area (TPSA) is 52.6 Å². The van der Waals surface area contributed by atoms with E-state index in [0.29, 0.717) is 23.0 Å². The Morgan fingerprint density at radius 3 is 1.50 bits per heavy atom. The maximum atomic E-state index is 12.4. The van der Waals surface area contributed by atoms with Gasteiger partial charge in [-0.05, 0) is 62.5 Å². The predicted octanol–water partition coefficient (Wildman–Crippen LogP) is 5.22. The highest BCUT2D eigenvalue weighted by atomic mass is 32.3. The summed E-state index contributed by atoms with van der Waals surface area (Å²) in [4.78, 5) is 24.8. The van der Waals surface area contributed by atoms with E-state index in [1.807, 2.05) is 38.1 Å². The quantitative estimate of drug-likeness (QED) is 0.624. The van der Waals surface area contributed by atoms with Crippen LogP contribution < -0.4 is 0 Å². The fourth-order valence-electron chi connectivity index (χ4n) is 3.27. The van der Waals surface area contributed by atoms with E-state index in [-0.39, 0.29) is 11.9 Å². The molecule has 0 N–H and O–H groups in total. The minimum Gasteiger partial charge on any atom is -0.452 e. The fraction of sp³-hybridized carbons (Fsp3) is 0.391. The minimum atomic E-state index is -1.31. The Labute approximate surface area is 168 Å². The highest BCUT2D eigenvalue weighted by Gasteiger charge is 2.30. The molecule has 1 saturated heterocycles. The molecule has 2 aromatic rings. The van der Waals surface area contributed by atoms with Gasteiger partial charge in [0.2, 0.25) is 0 Å². The molecule has 0 unspecified atom stereocenters. The van der Waals surface area contributed by atoms with Crippen LogP contribution >= 0.6 is 10.0 Å². The first-order valence-electron chi connectivity index (χ1n) is 9.69. The Bertz CT molecular complexity index is 742. The summed E-state index contributed by atoms with van der Waals surface area (Å²) < 4.78 is 11.3. The zero-order valence-electron chi connectivity index (χ0n) is 16.6. The Morgan fingerprint density at radius 2 is 1.11 bits per heavy atom. The summed E-state index contributed by atoms with van der Waals surface area (Å²) in [7, 11) is -1.31. The Hall–Kier alpha value is -2.27. The maximum Gasteiger partial charge on any atom is 0.338 e. The van der Waals surface area contributed by atoms with Gasteiger partial charge in [0.15, 0.2) is 0 Å². The van der Waals surface area contributed by atoms with Gasteiger partial charge < -0.3 is 9.47 Å². The van der Waals surface area contributed by atoms with E-state index in [4.69, 9.17) is 9.47 Å². The van der Waals surface area contributed by atoms with Crippen molar-refractivity contribution in [1.29, 1.82) is 0 Å². The number of ether oxygens (including phenoxy) is 2. The molecule has 0 saturated carbocycles.